The molecule has 1 aromatic carbocycles. The zero-order chi connectivity index (χ0) is 15.9. The third-order valence-corrected chi connectivity index (χ3v) is 3.18. The first kappa shape index (κ1) is 16.1. The Bertz CT molecular complexity index is 608. The standard InChI is InChI=1S/C16H20FN3O2/c1-11(2)9-10-18-14(21)7-8-15-19-16(20-22-15)12-3-5-13(17)6-4-12/h3-6,11H,7-10H2,1-2H3,(H,18,21). The molecule has 0 radical (unpaired) electrons. The first-order chi connectivity index (χ1) is 10.5. The Morgan fingerprint density at radius 3 is 2.73 bits per heavy atom. The molecule has 0 unspecified atom stereocenters. The number of benzene rings is 1. The van der Waals surface area contributed by atoms with Gasteiger partial charge < -0.3 is 9.84 Å². The predicted octanol–water partition coefficient (Wildman–Crippen LogP) is 2.97. The minimum absolute atomic E-state index is 0.0258. The summed E-state index contributed by atoms with van der Waals surface area (Å²) in [7, 11) is 0. The van der Waals surface area contributed by atoms with Crippen molar-refractivity contribution in [3.05, 3.63) is 36.0 Å². The molecule has 0 fully saturated rings. The van der Waals surface area contributed by atoms with E-state index in [0.717, 1.165) is 6.42 Å². The van der Waals surface area contributed by atoms with Crippen LogP contribution in [0.3, 0.4) is 0 Å². The first-order valence-electron chi connectivity index (χ1n) is 7.40. The fourth-order valence-corrected chi connectivity index (χ4v) is 1.88. The Morgan fingerprint density at radius 2 is 2.05 bits per heavy atom. The lowest BCUT2D eigenvalue weighted by Gasteiger charge is -2.05. The molecule has 0 spiro atoms. The van der Waals surface area contributed by atoms with Crippen molar-refractivity contribution >= 4 is 5.91 Å². The Labute approximate surface area is 128 Å². The second-order valence-electron chi connectivity index (χ2n) is 5.55. The van der Waals surface area contributed by atoms with Gasteiger partial charge in [-0.05, 0) is 36.6 Å². The fraction of sp³-hybridized carbons (Fsp3) is 0.438. The van der Waals surface area contributed by atoms with Crippen LogP contribution in [0, 0.1) is 11.7 Å². The van der Waals surface area contributed by atoms with Crippen LogP contribution in [-0.4, -0.2) is 22.6 Å². The molecule has 6 heteroatoms. The average molecular weight is 305 g/mol. The van der Waals surface area contributed by atoms with Crippen molar-refractivity contribution in [3.8, 4) is 11.4 Å². The molecular weight excluding hydrogens is 285 g/mol. The van der Waals surface area contributed by atoms with Crippen molar-refractivity contribution < 1.29 is 13.7 Å². The van der Waals surface area contributed by atoms with Gasteiger partial charge in [-0.3, -0.25) is 4.79 Å². The number of nitrogens with zero attached hydrogens (tertiary/aromatic N) is 2. The van der Waals surface area contributed by atoms with Gasteiger partial charge >= 0.3 is 0 Å². The molecule has 0 aliphatic carbocycles. The second kappa shape index (κ2) is 7.68. The molecule has 0 saturated carbocycles. The molecule has 0 aliphatic heterocycles. The van der Waals surface area contributed by atoms with E-state index in [4.69, 9.17) is 4.52 Å². The maximum atomic E-state index is 12.9. The van der Waals surface area contributed by atoms with E-state index in [1.807, 2.05) is 0 Å². The molecule has 118 valence electrons. The van der Waals surface area contributed by atoms with E-state index in [1.165, 1.54) is 12.1 Å². The average Bonchev–Trinajstić information content (AvgIpc) is 2.94. The summed E-state index contributed by atoms with van der Waals surface area (Å²) in [6.07, 6.45) is 1.66. The molecule has 22 heavy (non-hydrogen) atoms. The van der Waals surface area contributed by atoms with Crippen LogP contribution in [0.2, 0.25) is 0 Å². The van der Waals surface area contributed by atoms with E-state index in [1.54, 1.807) is 12.1 Å². The molecule has 0 saturated heterocycles. The zero-order valence-electron chi connectivity index (χ0n) is 12.8. The number of halogens is 1. The number of rotatable bonds is 7. The fourth-order valence-electron chi connectivity index (χ4n) is 1.88. The summed E-state index contributed by atoms with van der Waals surface area (Å²) >= 11 is 0. The summed E-state index contributed by atoms with van der Waals surface area (Å²) in [4.78, 5) is 15.9. The molecule has 2 rings (SSSR count). The Balaban J connectivity index is 1.82. The van der Waals surface area contributed by atoms with Crippen molar-refractivity contribution in [2.45, 2.75) is 33.1 Å². The van der Waals surface area contributed by atoms with Crippen LogP contribution < -0.4 is 5.32 Å². The van der Waals surface area contributed by atoms with Gasteiger partial charge in [-0.15, -0.1) is 0 Å². The van der Waals surface area contributed by atoms with Crippen molar-refractivity contribution in [2.75, 3.05) is 6.54 Å². The van der Waals surface area contributed by atoms with Gasteiger partial charge in [0, 0.05) is 24.9 Å². The monoisotopic (exact) mass is 305 g/mol. The number of aromatic nitrogens is 2. The largest absolute Gasteiger partial charge is 0.356 e. The maximum Gasteiger partial charge on any atom is 0.227 e. The molecule has 0 atom stereocenters. The van der Waals surface area contributed by atoms with Crippen molar-refractivity contribution in [1.29, 1.82) is 0 Å². The Hall–Kier alpha value is -2.24. The van der Waals surface area contributed by atoms with Gasteiger partial charge in [0.05, 0.1) is 0 Å². The predicted molar refractivity (Wildman–Crippen MR) is 80.5 cm³/mol. The van der Waals surface area contributed by atoms with Crippen molar-refractivity contribution in [2.24, 2.45) is 5.92 Å². The summed E-state index contributed by atoms with van der Waals surface area (Å²) in [6, 6.07) is 5.85. The number of carbonyl (C=O) groups is 1. The summed E-state index contributed by atoms with van der Waals surface area (Å²) < 4.78 is 18.0. The Kier molecular flexibility index (Phi) is 5.63. The van der Waals surface area contributed by atoms with Crippen molar-refractivity contribution in [3.63, 3.8) is 0 Å². The highest BCUT2D eigenvalue weighted by atomic mass is 19.1. The molecule has 1 aromatic heterocycles. The Morgan fingerprint density at radius 1 is 1.32 bits per heavy atom. The van der Waals surface area contributed by atoms with Gasteiger partial charge in [-0.25, -0.2) is 4.39 Å². The minimum Gasteiger partial charge on any atom is -0.356 e. The third kappa shape index (κ3) is 4.95. The van der Waals surface area contributed by atoms with Gasteiger partial charge in [0.1, 0.15) is 5.82 Å². The van der Waals surface area contributed by atoms with Crippen LogP contribution in [0.15, 0.2) is 28.8 Å². The highest BCUT2D eigenvalue weighted by Gasteiger charge is 2.10. The normalized spacial score (nSPS) is 10.9. The lowest BCUT2D eigenvalue weighted by molar-refractivity contribution is -0.121. The second-order valence-corrected chi connectivity index (χ2v) is 5.55. The third-order valence-electron chi connectivity index (χ3n) is 3.18. The summed E-state index contributed by atoms with van der Waals surface area (Å²) in [5.41, 5.74) is 0.679. The van der Waals surface area contributed by atoms with E-state index < -0.39 is 0 Å². The van der Waals surface area contributed by atoms with Crippen LogP contribution in [0.25, 0.3) is 11.4 Å². The zero-order valence-corrected chi connectivity index (χ0v) is 12.8. The number of carbonyl (C=O) groups excluding carboxylic acids is 1. The molecule has 2 aromatic rings. The lowest BCUT2D eigenvalue weighted by Crippen LogP contribution is -2.25. The highest BCUT2D eigenvalue weighted by molar-refractivity contribution is 5.75. The number of hydrogen-bond donors (Lipinski definition) is 1. The van der Waals surface area contributed by atoms with Gasteiger partial charge in [0.15, 0.2) is 0 Å². The van der Waals surface area contributed by atoms with E-state index in [-0.39, 0.29) is 11.7 Å². The molecular formula is C16H20FN3O2. The summed E-state index contributed by atoms with van der Waals surface area (Å²) in [5.74, 6) is 1.02. The lowest BCUT2D eigenvalue weighted by atomic mass is 10.1. The maximum absolute atomic E-state index is 12.9. The SMILES string of the molecule is CC(C)CCNC(=O)CCc1nc(-c2ccc(F)cc2)no1. The van der Waals surface area contributed by atoms with Gasteiger partial charge in [-0.2, -0.15) is 4.98 Å². The number of amides is 1. The van der Waals surface area contributed by atoms with Crippen LogP contribution in [0.5, 0.6) is 0 Å². The van der Waals surface area contributed by atoms with Crippen LogP contribution in [0.4, 0.5) is 4.39 Å². The molecule has 0 bridgehead atoms. The number of hydrogen-bond acceptors (Lipinski definition) is 4. The minimum atomic E-state index is -0.314. The van der Waals surface area contributed by atoms with Crippen LogP contribution in [-0.2, 0) is 11.2 Å². The van der Waals surface area contributed by atoms with Crippen molar-refractivity contribution in [1.82, 2.24) is 15.5 Å². The molecule has 5 nitrogen and oxygen atoms in total. The van der Waals surface area contributed by atoms with Gasteiger partial charge in [-0.1, -0.05) is 19.0 Å². The van der Waals surface area contributed by atoms with E-state index in [0.29, 0.717) is 42.6 Å². The molecule has 0 aliphatic rings. The smallest absolute Gasteiger partial charge is 0.227 e. The van der Waals surface area contributed by atoms with Gasteiger partial charge in [0.25, 0.3) is 0 Å². The van der Waals surface area contributed by atoms with Gasteiger partial charge in [0.2, 0.25) is 17.6 Å². The van der Waals surface area contributed by atoms with E-state index >= 15 is 0 Å². The quantitative estimate of drug-likeness (QED) is 0.854. The van der Waals surface area contributed by atoms with E-state index in [9.17, 15) is 9.18 Å². The molecule has 1 heterocycles. The number of nitrogens with one attached hydrogen (secondary N) is 1. The van der Waals surface area contributed by atoms with E-state index in [2.05, 4.69) is 29.3 Å². The first-order valence-corrected chi connectivity index (χ1v) is 7.40. The summed E-state index contributed by atoms with van der Waals surface area (Å²) in [5, 5.41) is 6.70. The number of aryl methyl sites for hydroxylation is 1. The molecule has 1 N–H and O–H groups in total. The molecule has 1 amide bonds. The topological polar surface area (TPSA) is 68.0 Å². The highest BCUT2D eigenvalue weighted by Crippen LogP contribution is 2.16. The van der Waals surface area contributed by atoms with Crippen LogP contribution >= 0.6 is 0 Å². The summed E-state index contributed by atoms with van der Waals surface area (Å²) in [6.45, 7) is 4.91. The van der Waals surface area contributed by atoms with Crippen LogP contribution in [0.1, 0.15) is 32.6 Å².